The molecule has 0 heterocycles. The summed E-state index contributed by atoms with van der Waals surface area (Å²) >= 11 is 0. The normalized spacial score (nSPS) is 11.9. The molecule has 0 spiro atoms. The van der Waals surface area contributed by atoms with Gasteiger partial charge in [0.2, 0.25) is 10.0 Å². The first-order chi connectivity index (χ1) is 16.7. The van der Waals surface area contributed by atoms with Gasteiger partial charge in [0.15, 0.2) is 0 Å². The van der Waals surface area contributed by atoms with Gasteiger partial charge in [0.25, 0.3) is 15.9 Å². The van der Waals surface area contributed by atoms with E-state index >= 15 is 0 Å². The van der Waals surface area contributed by atoms with Crippen molar-refractivity contribution in [3.05, 3.63) is 53.6 Å². The Morgan fingerprint density at radius 2 is 1.61 bits per heavy atom. The molecular weight excluding hydrogens is 508 g/mol. The zero-order chi connectivity index (χ0) is 27.0. The Labute approximate surface area is 212 Å². The van der Waals surface area contributed by atoms with E-state index in [4.69, 9.17) is 19.3 Å². The van der Waals surface area contributed by atoms with Crippen LogP contribution in [0.1, 0.15) is 36.7 Å². The average molecular weight is 539 g/mol. The number of ether oxygens (including phenoxy) is 3. The number of hydrogen-bond acceptors (Lipinski definition) is 8. The SMILES string of the molecule is COCCOCCOc1cc(C(=O)NS(=O)(=O)c2ccccc2S(N)(=O)=O)ccc1C#CC(C)(C)C. The van der Waals surface area contributed by atoms with Crippen LogP contribution in [0.25, 0.3) is 0 Å². The van der Waals surface area contributed by atoms with Gasteiger partial charge >= 0.3 is 0 Å². The number of rotatable bonds is 11. The number of sulfonamides is 2. The van der Waals surface area contributed by atoms with Crippen LogP contribution in [0.4, 0.5) is 0 Å². The molecule has 0 aliphatic rings. The molecule has 2 aromatic rings. The molecule has 3 N–H and O–H groups in total. The summed E-state index contributed by atoms with van der Waals surface area (Å²) < 4.78 is 67.2. The maximum Gasteiger partial charge on any atom is 0.265 e. The highest BCUT2D eigenvalue weighted by Crippen LogP contribution is 2.23. The predicted molar refractivity (Wildman–Crippen MR) is 133 cm³/mol. The summed E-state index contributed by atoms with van der Waals surface area (Å²) in [6, 6.07) is 9.01. The third-order valence-corrected chi connectivity index (χ3v) is 6.89. The summed E-state index contributed by atoms with van der Waals surface area (Å²) in [5, 5.41) is 5.12. The maximum atomic E-state index is 12.8. The molecule has 36 heavy (non-hydrogen) atoms. The van der Waals surface area contributed by atoms with Crippen LogP contribution in [0.3, 0.4) is 0 Å². The summed E-state index contributed by atoms with van der Waals surface area (Å²) in [6.45, 7) is 7.05. The van der Waals surface area contributed by atoms with Crippen molar-refractivity contribution in [2.75, 3.05) is 33.5 Å². The minimum absolute atomic E-state index is 0.0386. The van der Waals surface area contributed by atoms with E-state index in [0.29, 0.717) is 18.8 Å². The van der Waals surface area contributed by atoms with Gasteiger partial charge in [-0.15, -0.1) is 0 Å². The van der Waals surface area contributed by atoms with Gasteiger partial charge in [0.05, 0.1) is 25.4 Å². The highest BCUT2D eigenvalue weighted by Gasteiger charge is 2.26. The number of primary sulfonamides is 1. The number of carbonyl (C=O) groups excluding carboxylic acids is 1. The van der Waals surface area contributed by atoms with Crippen LogP contribution in [-0.2, 0) is 29.5 Å². The molecule has 2 rings (SSSR count). The second-order valence-electron chi connectivity index (χ2n) is 8.59. The molecule has 0 saturated carbocycles. The minimum Gasteiger partial charge on any atom is -0.490 e. The predicted octanol–water partition coefficient (Wildman–Crippen LogP) is 1.89. The Bertz CT molecular complexity index is 1350. The highest BCUT2D eigenvalue weighted by molar-refractivity contribution is 7.92. The van der Waals surface area contributed by atoms with Gasteiger partial charge in [-0.05, 0) is 51.1 Å². The highest BCUT2D eigenvalue weighted by atomic mass is 32.2. The Kier molecular flexibility index (Phi) is 10.0. The lowest BCUT2D eigenvalue weighted by Gasteiger charge is -2.13. The van der Waals surface area contributed by atoms with Crippen LogP contribution in [0.5, 0.6) is 5.75 Å². The van der Waals surface area contributed by atoms with E-state index in [0.717, 1.165) is 12.1 Å². The van der Waals surface area contributed by atoms with E-state index in [1.54, 1.807) is 13.2 Å². The second-order valence-corrected chi connectivity index (χ2v) is 11.8. The Morgan fingerprint density at radius 3 is 2.22 bits per heavy atom. The van der Waals surface area contributed by atoms with Gasteiger partial charge in [0.1, 0.15) is 22.1 Å². The van der Waals surface area contributed by atoms with Crippen molar-refractivity contribution < 1.29 is 35.8 Å². The standard InChI is InChI=1S/C24H30N2O8S2/c1-24(2,3)12-11-18-9-10-19(17-20(18)34-16-15-33-14-13-32-4)23(27)26-36(30,31)22-8-6-5-7-21(22)35(25,28)29/h5-10,17H,13-16H2,1-4H3,(H,26,27)(H2,25,28,29). The number of nitrogens with two attached hydrogens (primary N) is 1. The second kappa shape index (κ2) is 12.3. The molecule has 0 aliphatic heterocycles. The van der Waals surface area contributed by atoms with Gasteiger partial charge in [-0.3, -0.25) is 4.79 Å². The van der Waals surface area contributed by atoms with E-state index in [-0.39, 0.29) is 29.9 Å². The molecule has 0 radical (unpaired) electrons. The summed E-state index contributed by atoms with van der Waals surface area (Å²) in [4.78, 5) is 11.6. The van der Waals surface area contributed by atoms with Crippen molar-refractivity contribution in [2.24, 2.45) is 10.6 Å². The van der Waals surface area contributed by atoms with Crippen molar-refractivity contribution in [2.45, 2.75) is 30.6 Å². The number of methoxy groups -OCH3 is 1. The van der Waals surface area contributed by atoms with Crippen molar-refractivity contribution in [3.8, 4) is 17.6 Å². The summed E-state index contributed by atoms with van der Waals surface area (Å²) in [5.41, 5.74) is 0.172. The fourth-order valence-corrected chi connectivity index (χ4v) is 5.10. The van der Waals surface area contributed by atoms with Crippen LogP contribution in [0.2, 0.25) is 0 Å². The van der Waals surface area contributed by atoms with Crippen molar-refractivity contribution in [3.63, 3.8) is 0 Å². The van der Waals surface area contributed by atoms with E-state index in [2.05, 4.69) is 11.8 Å². The zero-order valence-corrected chi connectivity index (χ0v) is 22.2. The fraction of sp³-hybridized carbons (Fsp3) is 0.375. The lowest BCUT2D eigenvalue weighted by Crippen LogP contribution is -2.32. The van der Waals surface area contributed by atoms with Crippen LogP contribution < -0.4 is 14.6 Å². The fourth-order valence-electron chi connectivity index (χ4n) is 2.74. The molecule has 2 aromatic carbocycles. The molecule has 0 bridgehead atoms. The molecular formula is C24H30N2O8S2. The molecule has 196 valence electrons. The van der Waals surface area contributed by atoms with Crippen molar-refractivity contribution in [1.82, 2.24) is 4.72 Å². The molecule has 10 nitrogen and oxygen atoms in total. The zero-order valence-electron chi connectivity index (χ0n) is 20.5. The van der Waals surface area contributed by atoms with E-state index in [1.807, 2.05) is 25.5 Å². The monoisotopic (exact) mass is 538 g/mol. The molecule has 0 unspecified atom stereocenters. The molecule has 0 saturated heterocycles. The van der Waals surface area contributed by atoms with Crippen LogP contribution >= 0.6 is 0 Å². The largest absolute Gasteiger partial charge is 0.490 e. The Hall–Kier alpha value is -2.95. The van der Waals surface area contributed by atoms with E-state index in [9.17, 15) is 21.6 Å². The van der Waals surface area contributed by atoms with Crippen molar-refractivity contribution in [1.29, 1.82) is 0 Å². The van der Waals surface area contributed by atoms with E-state index < -0.39 is 35.7 Å². The molecule has 12 heteroatoms. The third-order valence-electron chi connectivity index (χ3n) is 4.41. The number of nitrogens with one attached hydrogen (secondary N) is 1. The van der Waals surface area contributed by atoms with Gasteiger partial charge in [-0.1, -0.05) is 24.0 Å². The van der Waals surface area contributed by atoms with Crippen LogP contribution in [0, 0.1) is 17.3 Å². The van der Waals surface area contributed by atoms with E-state index in [1.165, 1.54) is 24.3 Å². The summed E-state index contributed by atoms with van der Waals surface area (Å²) in [7, 11) is -7.36. The van der Waals surface area contributed by atoms with Crippen LogP contribution in [-0.4, -0.2) is 56.3 Å². The summed E-state index contributed by atoms with van der Waals surface area (Å²) in [6.07, 6.45) is 0. The number of amides is 1. The first-order valence-electron chi connectivity index (χ1n) is 10.8. The number of carbonyl (C=O) groups is 1. The van der Waals surface area contributed by atoms with Gasteiger partial charge in [-0.25, -0.2) is 26.7 Å². The molecule has 1 amide bonds. The first-order valence-corrected chi connectivity index (χ1v) is 13.8. The molecule has 0 aromatic heterocycles. The first kappa shape index (κ1) is 29.3. The number of benzene rings is 2. The van der Waals surface area contributed by atoms with Gasteiger partial charge in [0, 0.05) is 18.1 Å². The maximum absolute atomic E-state index is 12.8. The lowest BCUT2D eigenvalue weighted by atomic mass is 9.97. The average Bonchev–Trinajstić information content (AvgIpc) is 2.79. The molecule has 0 atom stereocenters. The smallest absolute Gasteiger partial charge is 0.265 e. The Balaban J connectivity index is 2.33. The Morgan fingerprint density at radius 1 is 0.972 bits per heavy atom. The number of hydrogen-bond donors (Lipinski definition) is 2. The quantitative estimate of drug-likeness (QED) is 0.325. The van der Waals surface area contributed by atoms with Gasteiger partial charge in [-0.2, -0.15) is 0 Å². The molecule has 0 fully saturated rings. The minimum atomic E-state index is -4.56. The topological polar surface area (TPSA) is 151 Å². The van der Waals surface area contributed by atoms with Crippen molar-refractivity contribution >= 4 is 26.0 Å². The third kappa shape index (κ3) is 8.92. The molecule has 0 aliphatic carbocycles. The van der Waals surface area contributed by atoms with Gasteiger partial charge < -0.3 is 14.2 Å². The lowest BCUT2D eigenvalue weighted by molar-refractivity contribution is 0.0543. The summed E-state index contributed by atoms with van der Waals surface area (Å²) in [5.74, 6) is 5.37. The van der Waals surface area contributed by atoms with Crippen LogP contribution in [0.15, 0.2) is 52.3 Å².